The minimum Gasteiger partial charge on any atom is -0.480 e. The second kappa shape index (κ2) is 13.9. The summed E-state index contributed by atoms with van der Waals surface area (Å²) in [7, 11) is 0. The van der Waals surface area contributed by atoms with Gasteiger partial charge in [-0.25, -0.2) is 4.79 Å². The van der Waals surface area contributed by atoms with Crippen molar-refractivity contribution in [1.29, 1.82) is 0 Å². The number of hydrogen-bond donors (Lipinski definition) is 9. The minimum atomic E-state index is -1.27. The van der Waals surface area contributed by atoms with Crippen molar-refractivity contribution in [3.8, 4) is 0 Å². The molecule has 12 nitrogen and oxygen atoms in total. The third kappa shape index (κ3) is 10.8. The highest BCUT2D eigenvalue weighted by Gasteiger charge is 2.28. The molecule has 0 aliphatic rings. The van der Waals surface area contributed by atoms with Gasteiger partial charge in [0.05, 0.1) is 6.04 Å². The van der Waals surface area contributed by atoms with Crippen LogP contribution in [0.2, 0.25) is 0 Å². The molecular weight excluding hydrogens is 422 g/mol. The lowest BCUT2D eigenvalue weighted by Gasteiger charge is -2.24. The van der Waals surface area contributed by atoms with E-state index in [0.717, 1.165) is 0 Å². The molecule has 0 heterocycles. The Balaban J connectivity index is 5.21. The van der Waals surface area contributed by atoms with Crippen molar-refractivity contribution in [1.82, 2.24) is 16.0 Å². The number of carboxylic acids is 1. The summed E-state index contributed by atoms with van der Waals surface area (Å²) >= 11 is 7.91. The van der Waals surface area contributed by atoms with Gasteiger partial charge in [0, 0.05) is 18.1 Å². The Morgan fingerprint density at radius 3 is 1.86 bits per heavy atom. The Kier molecular flexibility index (Phi) is 12.8. The van der Waals surface area contributed by atoms with Crippen molar-refractivity contribution >= 4 is 54.9 Å². The molecule has 0 aromatic carbocycles. The highest BCUT2D eigenvalue weighted by Crippen LogP contribution is 2.02. The van der Waals surface area contributed by atoms with Gasteiger partial charge in [0.1, 0.15) is 18.1 Å². The van der Waals surface area contributed by atoms with Crippen molar-refractivity contribution < 1.29 is 24.3 Å². The zero-order chi connectivity index (χ0) is 22.6. The van der Waals surface area contributed by atoms with E-state index in [4.69, 9.17) is 22.3 Å². The number of nitrogens with zero attached hydrogens (tertiary/aromatic N) is 1. The molecule has 14 heteroatoms. The predicted octanol–water partition coefficient (Wildman–Crippen LogP) is -3.21. The van der Waals surface area contributed by atoms with Crippen molar-refractivity contribution in [2.45, 2.75) is 43.9 Å². The van der Waals surface area contributed by atoms with Crippen molar-refractivity contribution in [3.05, 3.63) is 0 Å². The van der Waals surface area contributed by atoms with Crippen LogP contribution >= 0.6 is 25.3 Å². The van der Waals surface area contributed by atoms with Gasteiger partial charge in [-0.1, -0.05) is 0 Å². The Labute approximate surface area is 179 Å². The fourth-order valence-electron chi connectivity index (χ4n) is 2.00. The molecule has 0 rings (SSSR count). The zero-order valence-corrected chi connectivity index (χ0v) is 17.8. The average molecular weight is 452 g/mol. The molecule has 0 aliphatic carbocycles. The molecule has 29 heavy (non-hydrogen) atoms. The standard InChI is InChI=1S/C15H29N7O5S2/c1-7(16)11(23)21-9(5-28)13(25)20-8(3-2-4-19-15(17)18)12(24)22-10(6-29)14(26)27/h7-10,28-29H,2-6,16H2,1H3,(H,20,25)(H,21,23)(H,22,24)(H,26,27)(H4,17,18,19). The number of hydrogen-bond acceptors (Lipinski definition) is 8. The number of carbonyl (C=O) groups excluding carboxylic acids is 3. The molecule has 0 bridgehead atoms. The molecule has 0 aliphatic heterocycles. The van der Waals surface area contributed by atoms with Crippen LogP contribution in [0, 0.1) is 0 Å². The van der Waals surface area contributed by atoms with Crippen molar-refractivity contribution in [3.63, 3.8) is 0 Å². The maximum absolute atomic E-state index is 12.5. The number of nitrogens with two attached hydrogens (primary N) is 3. The zero-order valence-electron chi connectivity index (χ0n) is 16.0. The fraction of sp³-hybridized carbons (Fsp3) is 0.667. The number of amides is 3. The van der Waals surface area contributed by atoms with Gasteiger partial charge in [0.15, 0.2) is 5.96 Å². The summed E-state index contributed by atoms with van der Waals surface area (Å²) < 4.78 is 0. The van der Waals surface area contributed by atoms with Crippen LogP contribution < -0.4 is 33.2 Å². The molecule has 4 atom stereocenters. The molecule has 0 fully saturated rings. The molecule has 3 amide bonds. The lowest BCUT2D eigenvalue weighted by molar-refractivity contribution is -0.141. The summed E-state index contributed by atoms with van der Waals surface area (Å²) in [6.07, 6.45) is 0.445. The van der Waals surface area contributed by atoms with Crippen LogP contribution in [-0.2, 0) is 19.2 Å². The van der Waals surface area contributed by atoms with E-state index in [0.29, 0.717) is 6.42 Å². The van der Waals surface area contributed by atoms with Gasteiger partial charge in [-0.05, 0) is 19.8 Å². The summed E-state index contributed by atoms with van der Waals surface area (Å²) in [6, 6.07) is -4.20. The molecule has 166 valence electrons. The molecule has 10 N–H and O–H groups in total. The molecule has 0 spiro atoms. The van der Waals surface area contributed by atoms with E-state index in [1.54, 1.807) is 0 Å². The first kappa shape index (κ1) is 26.8. The molecule has 4 unspecified atom stereocenters. The lowest BCUT2D eigenvalue weighted by Crippen LogP contribution is -2.57. The van der Waals surface area contributed by atoms with E-state index < -0.39 is 47.9 Å². The van der Waals surface area contributed by atoms with Gasteiger partial charge < -0.3 is 38.3 Å². The smallest absolute Gasteiger partial charge is 0.327 e. The van der Waals surface area contributed by atoms with Crippen LogP contribution in [0.15, 0.2) is 4.99 Å². The SMILES string of the molecule is CC(N)C(=O)NC(CS)C(=O)NC(CCCN=C(N)N)C(=O)NC(CS)C(=O)O. The van der Waals surface area contributed by atoms with Crippen LogP contribution in [0.1, 0.15) is 19.8 Å². The normalized spacial score (nSPS) is 14.6. The van der Waals surface area contributed by atoms with E-state index in [1.165, 1.54) is 6.92 Å². The average Bonchev–Trinajstić information content (AvgIpc) is 2.65. The maximum atomic E-state index is 12.5. The Morgan fingerprint density at radius 1 is 0.931 bits per heavy atom. The Hall–Kier alpha value is -2.19. The van der Waals surface area contributed by atoms with E-state index >= 15 is 0 Å². The molecule has 0 radical (unpaired) electrons. The van der Waals surface area contributed by atoms with Gasteiger partial charge in [0.25, 0.3) is 0 Å². The fourth-order valence-corrected chi connectivity index (χ4v) is 2.50. The first-order valence-electron chi connectivity index (χ1n) is 8.70. The van der Waals surface area contributed by atoms with Gasteiger partial charge >= 0.3 is 5.97 Å². The third-order valence-electron chi connectivity index (χ3n) is 3.60. The van der Waals surface area contributed by atoms with Crippen LogP contribution in [0.4, 0.5) is 0 Å². The highest BCUT2D eigenvalue weighted by atomic mass is 32.1. The maximum Gasteiger partial charge on any atom is 0.327 e. The Morgan fingerprint density at radius 2 is 1.41 bits per heavy atom. The summed E-state index contributed by atoms with van der Waals surface area (Å²) in [4.78, 5) is 51.6. The second-order valence-electron chi connectivity index (χ2n) is 6.12. The molecule has 0 aromatic heterocycles. The van der Waals surface area contributed by atoms with E-state index in [9.17, 15) is 19.2 Å². The third-order valence-corrected chi connectivity index (χ3v) is 4.33. The number of rotatable bonds is 13. The Bertz CT molecular complexity index is 614. The second-order valence-corrected chi connectivity index (χ2v) is 6.85. The number of guanidine groups is 1. The van der Waals surface area contributed by atoms with E-state index in [1.807, 2.05) is 0 Å². The van der Waals surface area contributed by atoms with Crippen LogP contribution in [0.25, 0.3) is 0 Å². The predicted molar refractivity (Wildman–Crippen MR) is 115 cm³/mol. The number of thiol groups is 2. The first-order valence-corrected chi connectivity index (χ1v) is 9.96. The largest absolute Gasteiger partial charge is 0.480 e. The van der Waals surface area contributed by atoms with Crippen LogP contribution in [-0.4, -0.2) is 77.0 Å². The van der Waals surface area contributed by atoms with Gasteiger partial charge in [0.2, 0.25) is 17.7 Å². The number of carboxylic acid groups (broad SMARTS) is 1. The van der Waals surface area contributed by atoms with Crippen molar-refractivity contribution in [2.24, 2.45) is 22.2 Å². The van der Waals surface area contributed by atoms with Gasteiger partial charge in [-0.15, -0.1) is 0 Å². The van der Waals surface area contributed by atoms with E-state index in [2.05, 4.69) is 46.2 Å². The summed E-state index contributed by atoms with van der Waals surface area (Å²) in [5, 5.41) is 16.3. The van der Waals surface area contributed by atoms with Gasteiger partial charge in [-0.3, -0.25) is 19.4 Å². The molecule has 0 saturated carbocycles. The molecule has 0 aromatic rings. The molecule has 0 saturated heterocycles. The monoisotopic (exact) mass is 451 g/mol. The van der Waals surface area contributed by atoms with Gasteiger partial charge in [-0.2, -0.15) is 25.3 Å². The summed E-state index contributed by atoms with van der Waals surface area (Å²) in [6.45, 7) is 1.65. The first-order chi connectivity index (χ1) is 13.5. The number of aliphatic carboxylic acids is 1. The van der Waals surface area contributed by atoms with Crippen LogP contribution in [0.3, 0.4) is 0 Å². The van der Waals surface area contributed by atoms with Crippen LogP contribution in [0.5, 0.6) is 0 Å². The number of carbonyl (C=O) groups is 4. The molecular formula is C15H29N7O5S2. The van der Waals surface area contributed by atoms with E-state index in [-0.39, 0.29) is 30.4 Å². The highest BCUT2D eigenvalue weighted by molar-refractivity contribution is 7.80. The lowest BCUT2D eigenvalue weighted by atomic mass is 10.1. The quantitative estimate of drug-likeness (QED) is 0.0599. The summed E-state index contributed by atoms with van der Waals surface area (Å²) in [5.41, 5.74) is 15.9. The minimum absolute atomic E-state index is 0.0407. The number of nitrogens with one attached hydrogen (secondary N) is 3. The number of aliphatic imine (C=N–C) groups is 1. The van der Waals surface area contributed by atoms with Crippen molar-refractivity contribution in [2.75, 3.05) is 18.1 Å². The summed E-state index contributed by atoms with van der Waals surface area (Å²) in [5.74, 6) is -3.52. The topological polar surface area (TPSA) is 215 Å².